The summed E-state index contributed by atoms with van der Waals surface area (Å²) in [6.07, 6.45) is 6.18. The highest BCUT2D eigenvalue weighted by atomic mass is 32.2. The van der Waals surface area contributed by atoms with Crippen molar-refractivity contribution in [2.45, 2.75) is 57.3 Å². The van der Waals surface area contributed by atoms with Crippen LogP contribution in [0, 0.1) is 0 Å². The van der Waals surface area contributed by atoms with E-state index in [1.807, 2.05) is 6.92 Å². The smallest absolute Gasteiger partial charge is 0.243 e. The van der Waals surface area contributed by atoms with Gasteiger partial charge in [-0.3, -0.25) is 9.69 Å². The van der Waals surface area contributed by atoms with Crippen molar-refractivity contribution in [1.29, 1.82) is 0 Å². The van der Waals surface area contributed by atoms with Crippen LogP contribution in [0.4, 0.5) is 5.69 Å². The van der Waals surface area contributed by atoms with Gasteiger partial charge in [0.05, 0.1) is 11.4 Å². The first-order valence-corrected chi connectivity index (χ1v) is 11.5. The average Bonchev–Trinajstić information content (AvgIpc) is 2.95. The van der Waals surface area contributed by atoms with Crippen molar-refractivity contribution in [3.8, 4) is 0 Å². The molecule has 1 fully saturated rings. The predicted octanol–water partition coefficient (Wildman–Crippen LogP) is 3.31. The Morgan fingerprint density at radius 3 is 2.26 bits per heavy atom. The van der Waals surface area contributed by atoms with Gasteiger partial charge in [-0.25, -0.2) is 8.42 Å². The van der Waals surface area contributed by atoms with E-state index in [0.717, 1.165) is 51.6 Å². The molecule has 1 aliphatic rings. The Kier molecular flexibility index (Phi) is 8.73. The molecule has 1 saturated heterocycles. The van der Waals surface area contributed by atoms with Crippen LogP contribution in [0.5, 0.6) is 0 Å². The molecule has 1 aromatic carbocycles. The van der Waals surface area contributed by atoms with Crippen molar-refractivity contribution < 1.29 is 13.2 Å². The molecule has 27 heavy (non-hydrogen) atoms. The average molecular weight is 396 g/mol. The van der Waals surface area contributed by atoms with E-state index in [9.17, 15) is 13.2 Å². The first-order chi connectivity index (χ1) is 13.0. The maximum Gasteiger partial charge on any atom is 0.243 e. The lowest BCUT2D eigenvalue weighted by Crippen LogP contribution is -2.34. The highest BCUT2D eigenvalue weighted by Crippen LogP contribution is 2.21. The van der Waals surface area contributed by atoms with Crippen molar-refractivity contribution >= 4 is 21.6 Å². The van der Waals surface area contributed by atoms with Crippen LogP contribution in [-0.2, 0) is 14.8 Å². The normalized spacial score (nSPS) is 16.3. The summed E-state index contributed by atoms with van der Waals surface area (Å²) in [5, 5.41) is 2.86. The predicted molar refractivity (Wildman–Crippen MR) is 109 cm³/mol. The van der Waals surface area contributed by atoms with Gasteiger partial charge in [-0.15, -0.1) is 0 Å². The van der Waals surface area contributed by atoms with Crippen LogP contribution in [0.15, 0.2) is 29.2 Å². The minimum atomic E-state index is -3.45. The van der Waals surface area contributed by atoms with Gasteiger partial charge in [0.1, 0.15) is 0 Å². The number of hydrogen-bond acceptors (Lipinski definition) is 4. The van der Waals surface area contributed by atoms with Gasteiger partial charge < -0.3 is 5.32 Å². The molecule has 1 aromatic rings. The number of rotatable bonds is 9. The van der Waals surface area contributed by atoms with Crippen LogP contribution in [0.1, 0.15) is 52.4 Å². The quantitative estimate of drug-likeness (QED) is 0.696. The number of amides is 1. The summed E-state index contributed by atoms with van der Waals surface area (Å²) in [6, 6.07) is 6.52. The third-order valence-corrected chi connectivity index (χ3v) is 6.90. The Morgan fingerprint density at radius 1 is 1.07 bits per heavy atom. The van der Waals surface area contributed by atoms with E-state index in [0.29, 0.717) is 30.2 Å². The SMILES string of the molecule is CCCCN(CC)CC(=O)Nc1ccc(S(=O)(=O)N2CCCCCC2)cc1. The number of likely N-dealkylation sites (N-methyl/N-ethyl adjacent to an activating group) is 1. The molecule has 0 bridgehead atoms. The number of nitrogens with zero attached hydrogens (tertiary/aromatic N) is 2. The van der Waals surface area contributed by atoms with Crippen LogP contribution in [0.2, 0.25) is 0 Å². The molecule has 1 N–H and O–H groups in total. The zero-order valence-electron chi connectivity index (χ0n) is 16.6. The van der Waals surface area contributed by atoms with Gasteiger partial charge in [0.2, 0.25) is 15.9 Å². The molecule has 1 aliphatic heterocycles. The van der Waals surface area contributed by atoms with Crippen LogP contribution >= 0.6 is 0 Å². The van der Waals surface area contributed by atoms with E-state index in [1.165, 1.54) is 0 Å². The topological polar surface area (TPSA) is 69.7 Å². The molecular weight excluding hydrogens is 362 g/mol. The summed E-state index contributed by atoms with van der Waals surface area (Å²) in [7, 11) is -3.45. The van der Waals surface area contributed by atoms with Crippen molar-refractivity contribution in [1.82, 2.24) is 9.21 Å². The van der Waals surface area contributed by atoms with Gasteiger partial charge in [0, 0.05) is 18.8 Å². The number of hydrogen-bond donors (Lipinski definition) is 1. The lowest BCUT2D eigenvalue weighted by Gasteiger charge is -2.20. The molecular formula is C20H33N3O3S. The molecule has 1 heterocycles. The zero-order valence-corrected chi connectivity index (χ0v) is 17.4. The molecule has 0 saturated carbocycles. The fraction of sp³-hybridized carbons (Fsp3) is 0.650. The fourth-order valence-corrected chi connectivity index (χ4v) is 4.79. The van der Waals surface area contributed by atoms with Crippen LogP contribution in [0.25, 0.3) is 0 Å². The largest absolute Gasteiger partial charge is 0.325 e. The molecule has 2 rings (SSSR count). The van der Waals surface area contributed by atoms with E-state index in [1.54, 1.807) is 28.6 Å². The number of sulfonamides is 1. The molecule has 0 spiro atoms. The Balaban J connectivity index is 1.96. The number of unbranched alkanes of at least 4 members (excludes halogenated alkanes) is 1. The third-order valence-electron chi connectivity index (χ3n) is 4.98. The summed E-state index contributed by atoms with van der Waals surface area (Å²) in [6.45, 7) is 7.45. The summed E-state index contributed by atoms with van der Waals surface area (Å²) < 4.78 is 27.2. The van der Waals surface area contributed by atoms with Crippen molar-refractivity contribution in [3.05, 3.63) is 24.3 Å². The van der Waals surface area contributed by atoms with Gasteiger partial charge in [-0.1, -0.05) is 33.1 Å². The molecule has 0 atom stereocenters. The second-order valence-corrected chi connectivity index (χ2v) is 9.05. The highest BCUT2D eigenvalue weighted by molar-refractivity contribution is 7.89. The minimum absolute atomic E-state index is 0.0731. The Hall–Kier alpha value is -1.44. The van der Waals surface area contributed by atoms with Crippen LogP contribution < -0.4 is 5.32 Å². The third kappa shape index (κ3) is 6.59. The molecule has 0 aromatic heterocycles. The number of nitrogens with one attached hydrogen (secondary N) is 1. The number of carbonyl (C=O) groups is 1. The van der Waals surface area contributed by atoms with Crippen molar-refractivity contribution in [2.24, 2.45) is 0 Å². The molecule has 1 amide bonds. The second kappa shape index (κ2) is 10.8. The van der Waals surface area contributed by atoms with E-state index < -0.39 is 10.0 Å². The minimum Gasteiger partial charge on any atom is -0.325 e. The van der Waals surface area contributed by atoms with Gasteiger partial charge in [0.15, 0.2) is 0 Å². The molecule has 0 radical (unpaired) electrons. The standard InChI is InChI=1S/C20H33N3O3S/c1-3-5-14-22(4-2)17-20(24)21-18-10-12-19(13-11-18)27(25,26)23-15-8-6-7-9-16-23/h10-13H,3-9,14-17H2,1-2H3,(H,21,24). The Bertz CT molecular complexity index is 681. The van der Waals surface area contributed by atoms with Crippen molar-refractivity contribution in [3.63, 3.8) is 0 Å². The fourth-order valence-electron chi connectivity index (χ4n) is 3.28. The van der Waals surface area contributed by atoms with Gasteiger partial charge in [-0.2, -0.15) is 4.31 Å². The Labute approximate surface area is 164 Å². The van der Waals surface area contributed by atoms with Crippen LogP contribution in [0.3, 0.4) is 0 Å². The molecule has 152 valence electrons. The number of anilines is 1. The second-order valence-electron chi connectivity index (χ2n) is 7.11. The molecule has 0 unspecified atom stereocenters. The molecule has 0 aliphatic carbocycles. The monoisotopic (exact) mass is 395 g/mol. The zero-order chi connectivity index (χ0) is 19.7. The summed E-state index contributed by atoms with van der Waals surface area (Å²) in [4.78, 5) is 14.6. The first-order valence-electron chi connectivity index (χ1n) is 10.1. The summed E-state index contributed by atoms with van der Waals surface area (Å²) >= 11 is 0. The van der Waals surface area contributed by atoms with E-state index in [-0.39, 0.29) is 5.91 Å². The maximum atomic E-state index is 12.8. The van der Waals surface area contributed by atoms with E-state index in [4.69, 9.17) is 0 Å². The first kappa shape index (κ1) is 21.9. The lowest BCUT2D eigenvalue weighted by molar-refractivity contribution is -0.117. The van der Waals surface area contributed by atoms with E-state index in [2.05, 4.69) is 17.1 Å². The van der Waals surface area contributed by atoms with Crippen LogP contribution in [-0.4, -0.2) is 56.3 Å². The highest BCUT2D eigenvalue weighted by Gasteiger charge is 2.25. The van der Waals surface area contributed by atoms with Gasteiger partial charge >= 0.3 is 0 Å². The summed E-state index contributed by atoms with van der Waals surface area (Å²) in [5.74, 6) is -0.0731. The summed E-state index contributed by atoms with van der Waals surface area (Å²) in [5.41, 5.74) is 0.626. The number of benzene rings is 1. The lowest BCUT2D eigenvalue weighted by atomic mass is 10.2. The molecule has 6 nitrogen and oxygen atoms in total. The van der Waals surface area contributed by atoms with E-state index >= 15 is 0 Å². The van der Waals surface area contributed by atoms with Gasteiger partial charge in [-0.05, 0) is 56.6 Å². The maximum absolute atomic E-state index is 12.8. The molecule has 7 heteroatoms. The number of carbonyl (C=O) groups excluding carboxylic acids is 1. The van der Waals surface area contributed by atoms with Crippen molar-refractivity contribution in [2.75, 3.05) is 38.0 Å². The Morgan fingerprint density at radius 2 is 1.70 bits per heavy atom. The van der Waals surface area contributed by atoms with Gasteiger partial charge in [0.25, 0.3) is 0 Å².